The van der Waals surface area contributed by atoms with Gasteiger partial charge in [-0.15, -0.1) is 0 Å². The van der Waals surface area contributed by atoms with Gasteiger partial charge in [-0.05, 0) is 34.6 Å². The molecule has 1 saturated heterocycles. The van der Waals surface area contributed by atoms with Crippen molar-refractivity contribution in [1.82, 2.24) is 4.90 Å². The van der Waals surface area contributed by atoms with E-state index in [4.69, 9.17) is 14.6 Å². The molecule has 1 fully saturated rings. The van der Waals surface area contributed by atoms with E-state index in [0.29, 0.717) is 26.2 Å². The molecular weight excluding hydrogens is 234 g/mol. The molecule has 1 unspecified atom stereocenters. The van der Waals surface area contributed by atoms with Gasteiger partial charge in [-0.3, -0.25) is 4.90 Å². The first-order valence-electron chi connectivity index (χ1n) is 6.42. The van der Waals surface area contributed by atoms with Gasteiger partial charge in [0.15, 0.2) is 6.10 Å². The first-order chi connectivity index (χ1) is 8.15. The van der Waals surface area contributed by atoms with Crippen LogP contribution in [-0.4, -0.2) is 59.5 Å². The maximum absolute atomic E-state index is 11.1. The summed E-state index contributed by atoms with van der Waals surface area (Å²) < 4.78 is 11.2. The summed E-state index contributed by atoms with van der Waals surface area (Å²) in [6, 6.07) is 0. The molecule has 0 spiro atoms. The number of rotatable bonds is 5. The Bertz CT molecular complexity index is 285. The highest BCUT2D eigenvalue weighted by atomic mass is 16.5. The van der Waals surface area contributed by atoms with Crippen LogP contribution in [0.3, 0.4) is 0 Å². The summed E-state index contributed by atoms with van der Waals surface area (Å²) in [4.78, 5) is 13.2. The first kappa shape index (κ1) is 15.4. The van der Waals surface area contributed by atoms with E-state index in [1.165, 1.54) is 0 Å². The summed E-state index contributed by atoms with van der Waals surface area (Å²) in [7, 11) is 0. The van der Waals surface area contributed by atoms with Crippen molar-refractivity contribution < 1.29 is 19.4 Å². The van der Waals surface area contributed by atoms with Crippen LogP contribution in [0.15, 0.2) is 0 Å². The average molecular weight is 259 g/mol. The topological polar surface area (TPSA) is 59.0 Å². The van der Waals surface area contributed by atoms with E-state index in [-0.39, 0.29) is 11.2 Å². The van der Waals surface area contributed by atoms with Crippen LogP contribution in [0.2, 0.25) is 0 Å². The number of hydrogen-bond acceptors (Lipinski definition) is 4. The zero-order chi connectivity index (χ0) is 14.0. The zero-order valence-corrected chi connectivity index (χ0v) is 12.0. The molecule has 1 heterocycles. The van der Waals surface area contributed by atoms with Gasteiger partial charge in [0.25, 0.3) is 0 Å². The normalized spacial score (nSPS) is 24.7. The Balaban J connectivity index is 2.67. The van der Waals surface area contributed by atoms with E-state index >= 15 is 0 Å². The number of ether oxygens (including phenoxy) is 2. The predicted octanol–water partition coefficient (Wildman–Crippen LogP) is 1.37. The van der Waals surface area contributed by atoms with Crippen molar-refractivity contribution in [2.45, 2.75) is 51.9 Å². The molecule has 1 aliphatic heterocycles. The van der Waals surface area contributed by atoms with Crippen molar-refractivity contribution in [2.24, 2.45) is 0 Å². The highest BCUT2D eigenvalue weighted by Gasteiger charge is 2.39. The van der Waals surface area contributed by atoms with E-state index in [2.05, 4.69) is 4.90 Å². The Hall–Kier alpha value is -0.650. The van der Waals surface area contributed by atoms with Crippen molar-refractivity contribution in [3.63, 3.8) is 0 Å². The summed E-state index contributed by atoms with van der Waals surface area (Å²) in [6.45, 7) is 12.2. The third kappa shape index (κ3) is 4.55. The molecule has 1 aliphatic rings. The maximum atomic E-state index is 11.1. The maximum Gasteiger partial charge on any atom is 0.334 e. The van der Waals surface area contributed by atoms with Crippen LogP contribution in [-0.2, 0) is 14.3 Å². The van der Waals surface area contributed by atoms with Gasteiger partial charge in [0.1, 0.15) is 0 Å². The van der Waals surface area contributed by atoms with Crippen molar-refractivity contribution >= 4 is 5.97 Å². The van der Waals surface area contributed by atoms with Gasteiger partial charge in [0.2, 0.25) is 0 Å². The molecule has 106 valence electrons. The molecule has 0 saturated carbocycles. The second-order valence-electron chi connectivity index (χ2n) is 6.07. The van der Waals surface area contributed by atoms with E-state index in [0.717, 1.165) is 0 Å². The molecule has 0 amide bonds. The van der Waals surface area contributed by atoms with Crippen molar-refractivity contribution in [3.8, 4) is 0 Å². The number of carbonyl (C=O) groups is 1. The van der Waals surface area contributed by atoms with Crippen LogP contribution < -0.4 is 0 Å². The Kier molecular flexibility index (Phi) is 4.75. The minimum atomic E-state index is -0.904. The predicted molar refractivity (Wildman–Crippen MR) is 68.7 cm³/mol. The molecular formula is C13H25NO4. The fourth-order valence-corrected chi connectivity index (χ4v) is 2.71. The summed E-state index contributed by atoms with van der Waals surface area (Å²) in [5, 5.41) is 9.11. The summed E-state index contributed by atoms with van der Waals surface area (Å²) in [6.07, 6.45) is -0.764. The van der Waals surface area contributed by atoms with Crippen LogP contribution in [0, 0.1) is 0 Å². The molecule has 5 heteroatoms. The van der Waals surface area contributed by atoms with Crippen molar-refractivity contribution in [2.75, 3.05) is 26.2 Å². The van der Waals surface area contributed by atoms with Gasteiger partial charge in [0, 0.05) is 26.2 Å². The van der Waals surface area contributed by atoms with Gasteiger partial charge in [-0.25, -0.2) is 4.79 Å². The van der Waals surface area contributed by atoms with Crippen LogP contribution >= 0.6 is 0 Å². The monoisotopic (exact) mass is 259 g/mol. The van der Waals surface area contributed by atoms with Crippen LogP contribution in [0.1, 0.15) is 34.6 Å². The fraction of sp³-hybridized carbons (Fsp3) is 0.923. The molecule has 0 radical (unpaired) electrons. The van der Waals surface area contributed by atoms with Gasteiger partial charge < -0.3 is 14.6 Å². The SMILES string of the molecule is CCOC(CN1CC(C)(C)OC(C)(C)C1)C(=O)O. The van der Waals surface area contributed by atoms with E-state index in [1.54, 1.807) is 0 Å². The third-order valence-electron chi connectivity index (χ3n) is 2.83. The number of hydrogen-bond donors (Lipinski definition) is 1. The summed E-state index contributed by atoms with van der Waals surface area (Å²) in [5.41, 5.74) is -0.534. The lowest BCUT2D eigenvalue weighted by Gasteiger charge is -2.47. The zero-order valence-electron chi connectivity index (χ0n) is 12.0. The first-order valence-corrected chi connectivity index (χ1v) is 6.42. The van der Waals surface area contributed by atoms with Crippen molar-refractivity contribution in [1.29, 1.82) is 0 Å². The minimum absolute atomic E-state index is 0.267. The van der Waals surface area contributed by atoms with Gasteiger partial charge >= 0.3 is 5.97 Å². The lowest BCUT2D eigenvalue weighted by Crippen LogP contribution is -2.59. The molecule has 5 nitrogen and oxygen atoms in total. The van der Waals surface area contributed by atoms with Crippen LogP contribution in [0.4, 0.5) is 0 Å². The lowest BCUT2D eigenvalue weighted by atomic mass is 9.98. The molecule has 0 bridgehead atoms. The van der Waals surface area contributed by atoms with Crippen molar-refractivity contribution in [3.05, 3.63) is 0 Å². The second-order valence-corrected chi connectivity index (χ2v) is 6.07. The van der Waals surface area contributed by atoms with E-state index in [9.17, 15) is 4.79 Å². The Morgan fingerprint density at radius 2 is 1.83 bits per heavy atom. The second kappa shape index (κ2) is 5.55. The van der Waals surface area contributed by atoms with Crippen LogP contribution in [0.25, 0.3) is 0 Å². The number of morpholine rings is 1. The third-order valence-corrected chi connectivity index (χ3v) is 2.83. The smallest absolute Gasteiger partial charge is 0.334 e. The van der Waals surface area contributed by atoms with Gasteiger partial charge in [-0.1, -0.05) is 0 Å². The number of nitrogens with zero attached hydrogens (tertiary/aromatic N) is 1. The molecule has 1 rings (SSSR count). The molecule has 0 aliphatic carbocycles. The van der Waals surface area contributed by atoms with Gasteiger partial charge in [-0.2, -0.15) is 0 Å². The van der Waals surface area contributed by atoms with E-state index in [1.807, 2.05) is 34.6 Å². The molecule has 1 atom stereocenters. The number of aliphatic carboxylic acids is 1. The molecule has 0 aromatic rings. The Morgan fingerprint density at radius 3 is 2.22 bits per heavy atom. The standard InChI is InChI=1S/C13H25NO4/c1-6-17-10(11(15)16)7-14-8-12(2,3)18-13(4,5)9-14/h10H,6-9H2,1-5H3,(H,15,16). The largest absolute Gasteiger partial charge is 0.479 e. The molecule has 1 N–H and O–H groups in total. The molecule has 0 aromatic carbocycles. The average Bonchev–Trinajstić information content (AvgIpc) is 2.11. The Labute approximate surface area is 109 Å². The highest BCUT2D eigenvalue weighted by molar-refractivity contribution is 5.72. The minimum Gasteiger partial charge on any atom is -0.479 e. The van der Waals surface area contributed by atoms with E-state index < -0.39 is 12.1 Å². The Morgan fingerprint density at radius 1 is 1.33 bits per heavy atom. The number of carboxylic acid groups (broad SMARTS) is 1. The fourth-order valence-electron chi connectivity index (χ4n) is 2.71. The highest BCUT2D eigenvalue weighted by Crippen LogP contribution is 2.28. The van der Waals surface area contributed by atoms with Gasteiger partial charge in [0.05, 0.1) is 11.2 Å². The number of carboxylic acids is 1. The lowest BCUT2D eigenvalue weighted by molar-refractivity contribution is -0.188. The quantitative estimate of drug-likeness (QED) is 0.808. The summed E-state index contributed by atoms with van der Waals surface area (Å²) in [5.74, 6) is -0.904. The molecule has 18 heavy (non-hydrogen) atoms. The summed E-state index contributed by atoms with van der Waals surface area (Å²) >= 11 is 0. The molecule has 0 aromatic heterocycles. The van der Waals surface area contributed by atoms with Crippen LogP contribution in [0.5, 0.6) is 0 Å².